The van der Waals surface area contributed by atoms with Crippen LogP contribution in [-0.4, -0.2) is 28.0 Å². The number of thiophene rings is 1. The van der Waals surface area contributed by atoms with Gasteiger partial charge in [0.2, 0.25) is 0 Å². The van der Waals surface area contributed by atoms with Crippen molar-refractivity contribution < 1.29 is 0 Å². The van der Waals surface area contributed by atoms with Crippen molar-refractivity contribution in [1.82, 2.24) is 14.9 Å². The molecule has 0 unspecified atom stereocenters. The molecule has 0 aliphatic carbocycles. The number of fused-ring (bicyclic) bond motifs is 1. The van der Waals surface area contributed by atoms with Gasteiger partial charge in [-0.3, -0.25) is 4.90 Å². The molecule has 0 atom stereocenters. The molecule has 2 aromatic rings. The molecule has 20 heavy (non-hydrogen) atoms. The first-order chi connectivity index (χ1) is 9.74. The zero-order valence-corrected chi connectivity index (χ0v) is 12.8. The van der Waals surface area contributed by atoms with Crippen LogP contribution in [0, 0.1) is 6.92 Å². The maximum absolute atomic E-state index is 4.60. The molecule has 0 saturated heterocycles. The molecule has 3 rings (SSSR count). The van der Waals surface area contributed by atoms with Crippen LogP contribution in [-0.2, 0) is 19.5 Å². The molecule has 0 aromatic carbocycles. The Morgan fingerprint density at radius 3 is 3.15 bits per heavy atom. The van der Waals surface area contributed by atoms with Crippen LogP contribution in [0.2, 0.25) is 0 Å². The molecule has 1 aliphatic heterocycles. The Labute approximate surface area is 123 Å². The van der Waals surface area contributed by atoms with Crippen LogP contribution in [0.15, 0.2) is 17.5 Å². The summed E-state index contributed by atoms with van der Waals surface area (Å²) >= 11 is 1.88. The van der Waals surface area contributed by atoms with E-state index in [1.54, 1.807) is 4.88 Å². The fourth-order valence-corrected chi connectivity index (χ4v) is 3.50. The fraction of sp³-hybridized carbons (Fsp3) is 0.467. The smallest absolute Gasteiger partial charge is 0.144 e. The Hall–Kier alpha value is -1.46. The van der Waals surface area contributed by atoms with E-state index in [1.807, 2.05) is 24.3 Å². The third-order valence-electron chi connectivity index (χ3n) is 3.51. The minimum Gasteiger partial charge on any atom is -0.370 e. The lowest BCUT2D eigenvalue weighted by atomic mass is 10.1. The standard InChI is InChI=1S/C15H20N4S/c1-3-16-14-8-11(2)17-15(18-14)10-19-6-4-13-12(9-19)5-7-20-13/h5,7-8H,3-4,6,9-10H2,1-2H3,(H,16,17,18). The number of hydrogen-bond acceptors (Lipinski definition) is 5. The first kappa shape index (κ1) is 13.5. The number of hydrogen-bond donors (Lipinski definition) is 1. The van der Waals surface area contributed by atoms with Crippen LogP contribution in [0.3, 0.4) is 0 Å². The maximum atomic E-state index is 4.60. The van der Waals surface area contributed by atoms with Crippen molar-refractivity contribution in [1.29, 1.82) is 0 Å². The fourth-order valence-electron chi connectivity index (χ4n) is 2.61. The number of nitrogens with zero attached hydrogens (tertiary/aromatic N) is 3. The van der Waals surface area contributed by atoms with Gasteiger partial charge in [0, 0.05) is 36.3 Å². The predicted octanol–water partition coefficient (Wildman–Crippen LogP) is 2.84. The Morgan fingerprint density at radius 2 is 2.30 bits per heavy atom. The quantitative estimate of drug-likeness (QED) is 0.939. The third kappa shape index (κ3) is 2.99. The van der Waals surface area contributed by atoms with E-state index in [0.29, 0.717) is 0 Å². The van der Waals surface area contributed by atoms with Crippen LogP contribution in [0.4, 0.5) is 5.82 Å². The second-order valence-electron chi connectivity index (χ2n) is 5.17. The Bertz CT molecular complexity index is 593. The summed E-state index contributed by atoms with van der Waals surface area (Å²) < 4.78 is 0. The largest absolute Gasteiger partial charge is 0.370 e. The van der Waals surface area contributed by atoms with Crippen molar-refractivity contribution in [3.05, 3.63) is 39.5 Å². The molecule has 0 spiro atoms. The van der Waals surface area contributed by atoms with Gasteiger partial charge in [0.15, 0.2) is 0 Å². The highest BCUT2D eigenvalue weighted by Gasteiger charge is 2.18. The van der Waals surface area contributed by atoms with Crippen molar-refractivity contribution in [2.75, 3.05) is 18.4 Å². The van der Waals surface area contributed by atoms with E-state index in [1.165, 1.54) is 5.56 Å². The lowest BCUT2D eigenvalue weighted by molar-refractivity contribution is 0.241. The van der Waals surface area contributed by atoms with Crippen LogP contribution < -0.4 is 5.32 Å². The van der Waals surface area contributed by atoms with Gasteiger partial charge in [0.1, 0.15) is 11.6 Å². The minimum absolute atomic E-state index is 0.829. The van der Waals surface area contributed by atoms with Crippen molar-refractivity contribution in [2.24, 2.45) is 0 Å². The first-order valence-corrected chi connectivity index (χ1v) is 7.98. The normalized spacial score (nSPS) is 15.1. The maximum Gasteiger partial charge on any atom is 0.144 e. The second-order valence-corrected chi connectivity index (χ2v) is 6.17. The molecule has 2 aromatic heterocycles. The van der Waals surface area contributed by atoms with Gasteiger partial charge in [0.25, 0.3) is 0 Å². The summed E-state index contributed by atoms with van der Waals surface area (Å²) in [4.78, 5) is 13.1. The Kier molecular flexibility index (Phi) is 3.98. The van der Waals surface area contributed by atoms with Gasteiger partial charge in [-0.25, -0.2) is 9.97 Å². The minimum atomic E-state index is 0.829. The molecule has 3 heterocycles. The summed E-state index contributed by atoms with van der Waals surface area (Å²) in [7, 11) is 0. The summed E-state index contributed by atoms with van der Waals surface area (Å²) in [6.07, 6.45) is 1.15. The van der Waals surface area contributed by atoms with E-state index >= 15 is 0 Å². The lowest BCUT2D eigenvalue weighted by Crippen LogP contribution is -2.30. The highest BCUT2D eigenvalue weighted by atomic mass is 32.1. The lowest BCUT2D eigenvalue weighted by Gasteiger charge is -2.26. The molecule has 1 N–H and O–H groups in total. The predicted molar refractivity (Wildman–Crippen MR) is 83.1 cm³/mol. The van der Waals surface area contributed by atoms with Crippen molar-refractivity contribution in [2.45, 2.75) is 33.4 Å². The number of nitrogens with one attached hydrogen (secondary N) is 1. The van der Waals surface area contributed by atoms with E-state index in [2.05, 4.69) is 38.6 Å². The number of aromatic nitrogens is 2. The molecular formula is C15H20N4S. The van der Waals surface area contributed by atoms with Gasteiger partial charge < -0.3 is 5.32 Å². The van der Waals surface area contributed by atoms with Gasteiger partial charge in [-0.15, -0.1) is 11.3 Å². The van der Waals surface area contributed by atoms with E-state index < -0.39 is 0 Å². The number of rotatable bonds is 4. The molecule has 0 amide bonds. The van der Waals surface area contributed by atoms with E-state index in [-0.39, 0.29) is 0 Å². The molecule has 0 fully saturated rings. The van der Waals surface area contributed by atoms with Crippen molar-refractivity contribution in [3.63, 3.8) is 0 Å². The average molecular weight is 288 g/mol. The SMILES string of the molecule is CCNc1cc(C)nc(CN2CCc3sccc3C2)n1. The molecule has 1 aliphatic rings. The molecule has 4 nitrogen and oxygen atoms in total. The van der Waals surface area contributed by atoms with Crippen LogP contribution in [0.1, 0.15) is 28.9 Å². The zero-order valence-electron chi connectivity index (χ0n) is 12.0. The van der Waals surface area contributed by atoms with Gasteiger partial charge in [-0.2, -0.15) is 0 Å². The zero-order chi connectivity index (χ0) is 13.9. The second kappa shape index (κ2) is 5.89. The van der Waals surface area contributed by atoms with Crippen LogP contribution >= 0.6 is 11.3 Å². The summed E-state index contributed by atoms with van der Waals surface area (Å²) in [5.41, 5.74) is 2.50. The number of anilines is 1. The Balaban J connectivity index is 1.72. The van der Waals surface area contributed by atoms with Gasteiger partial charge in [-0.1, -0.05) is 0 Å². The molecular weight excluding hydrogens is 268 g/mol. The topological polar surface area (TPSA) is 41.1 Å². The van der Waals surface area contributed by atoms with Crippen LogP contribution in [0.25, 0.3) is 0 Å². The first-order valence-electron chi connectivity index (χ1n) is 7.10. The molecule has 5 heteroatoms. The van der Waals surface area contributed by atoms with Gasteiger partial charge >= 0.3 is 0 Å². The van der Waals surface area contributed by atoms with Gasteiger partial charge in [0.05, 0.1) is 6.54 Å². The molecule has 0 bridgehead atoms. The number of aryl methyl sites for hydroxylation is 1. The summed E-state index contributed by atoms with van der Waals surface area (Å²) in [6, 6.07) is 4.24. The summed E-state index contributed by atoms with van der Waals surface area (Å²) in [6.45, 7) is 7.94. The highest BCUT2D eigenvalue weighted by Crippen LogP contribution is 2.24. The average Bonchev–Trinajstić information content (AvgIpc) is 2.85. The molecule has 106 valence electrons. The molecule has 0 saturated carbocycles. The van der Waals surface area contributed by atoms with Gasteiger partial charge in [-0.05, 0) is 37.3 Å². The highest BCUT2D eigenvalue weighted by molar-refractivity contribution is 7.10. The van der Waals surface area contributed by atoms with Crippen LogP contribution in [0.5, 0.6) is 0 Å². The Morgan fingerprint density at radius 1 is 1.40 bits per heavy atom. The third-order valence-corrected chi connectivity index (χ3v) is 4.53. The van der Waals surface area contributed by atoms with E-state index in [9.17, 15) is 0 Å². The monoisotopic (exact) mass is 288 g/mol. The summed E-state index contributed by atoms with van der Waals surface area (Å²) in [5.74, 6) is 1.85. The summed E-state index contributed by atoms with van der Waals surface area (Å²) in [5, 5.41) is 5.46. The van der Waals surface area contributed by atoms with E-state index in [4.69, 9.17) is 0 Å². The van der Waals surface area contributed by atoms with Crippen molar-refractivity contribution >= 4 is 17.2 Å². The molecule has 0 radical (unpaired) electrons. The van der Waals surface area contributed by atoms with Crippen molar-refractivity contribution in [3.8, 4) is 0 Å². The van der Waals surface area contributed by atoms with E-state index in [0.717, 1.165) is 49.9 Å².